The number of allylic oxidation sites excluding steroid dienone is 13. The molecule has 0 amide bonds. The molecule has 0 spiro atoms. The van der Waals surface area contributed by atoms with E-state index < -0.39 is 0 Å². The van der Waals surface area contributed by atoms with Gasteiger partial charge in [0.25, 0.3) is 0 Å². The van der Waals surface area contributed by atoms with E-state index in [1.54, 1.807) is 0 Å². The van der Waals surface area contributed by atoms with Crippen molar-refractivity contribution in [2.75, 3.05) is 4.90 Å². The summed E-state index contributed by atoms with van der Waals surface area (Å²) in [7, 11) is 0. The van der Waals surface area contributed by atoms with Gasteiger partial charge >= 0.3 is 0 Å². The third kappa shape index (κ3) is 5.73. The van der Waals surface area contributed by atoms with Crippen LogP contribution in [0.3, 0.4) is 0 Å². The van der Waals surface area contributed by atoms with Gasteiger partial charge in [0.15, 0.2) is 0 Å². The van der Waals surface area contributed by atoms with Crippen molar-refractivity contribution < 1.29 is 0 Å². The molecule has 0 bridgehead atoms. The molecule has 7 aromatic carbocycles. The van der Waals surface area contributed by atoms with E-state index in [4.69, 9.17) is 4.98 Å². The first-order valence-electron chi connectivity index (χ1n) is 26.8. The Kier molecular flexibility index (Phi) is 8.89. The summed E-state index contributed by atoms with van der Waals surface area (Å²) < 4.78 is 2.43. The maximum absolute atomic E-state index is 5.61. The van der Waals surface area contributed by atoms with Gasteiger partial charge in [-0.15, -0.1) is 0 Å². The number of anilines is 1. The molecule has 5 atom stereocenters. The van der Waals surface area contributed by atoms with Gasteiger partial charge in [0.2, 0.25) is 0 Å². The summed E-state index contributed by atoms with van der Waals surface area (Å²) in [5, 5.41) is 4.81. The Morgan fingerprint density at radius 3 is 2.32 bits per heavy atom. The third-order valence-corrected chi connectivity index (χ3v) is 18.3. The molecule has 1 aliphatic heterocycles. The normalized spacial score (nSPS) is 25.2. The molecule has 2 saturated carbocycles. The Labute approximate surface area is 438 Å². The largest absolute Gasteiger partial charge is 0.330 e. The van der Waals surface area contributed by atoms with Gasteiger partial charge in [-0.3, -0.25) is 0 Å². The van der Waals surface area contributed by atoms with Crippen molar-refractivity contribution in [1.82, 2.24) is 9.55 Å². The highest BCUT2D eigenvalue weighted by Gasteiger charge is 2.74. The maximum Gasteiger partial charge on any atom is 0.0788 e. The Balaban J connectivity index is 0.872. The Hall–Kier alpha value is -8.79. The number of nitrogens with zero attached hydrogens (tertiary/aromatic N) is 3. The summed E-state index contributed by atoms with van der Waals surface area (Å²) in [6, 6.07) is 63.9. The molecule has 7 aliphatic rings. The van der Waals surface area contributed by atoms with Crippen LogP contribution < -0.4 is 4.90 Å². The first-order chi connectivity index (χ1) is 37.0. The van der Waals surface area contributed by atoms with Gasteiger partial charge in [0, 0.05) is 55.3 Å². The van der Waals surface area contributed by atoms with Gasteiger partial charge < -0.3 is 9.47 Å². The van der Waals surface area contributed by atoms with Crippen molar-refractivity contribution in [3.8, 4) is 22.4 Å². The average molecular weight is 960 g/mol. The lowest BCUT2D eigenvalue weighted by atomic mass is 9.60. The standard InChI is InChI=1S/C72H53N3/c1-2-3-24-54-42-51-20-9-15-30-66(51)74(54)56-41-50(36-37-55(43-56)75-67-31-16-13-28-63(67)70-39-18-19-40-71(70,75)47-70)48-32-34-49(35-33-48)68-61-45-64-60(44-59(61)58-26-11-14-29-65(58)73-68)57-25-10-12-27-62(57)72(64,52-21-6-4-7-22-52)69-38-17-5-8-23-53(69)46-69/h2-4,6-35,37-45,53H,1,5,36,46-47H2/b24-3-. The quantitative estimate of drug-likeness (QED) is 0.0860. The number of hydrogen-bond donors (Lipinski definition) is 0. The van der Waals surface area contributed by atoms with Crippen LogP contribution in [0.2, 0.25) is 0 Å². The zero-order valence-electron chi connectivity index (χ0n) is 41.7. The van der Waals surface area contributed by atoms with Crippen molar-refractivity contribution in [3.63, 3.8) is 0 Å². The van der Waals surface area contributed by atoms with Gasteiger partial charge in [-0.25, -0.2) is 4.98 Å². The molecule has 3 heterocycles. The van der Waals surface area contributed by atoms with E-state index >= 15 is 0 Å². The molecule has 9 aromatic rings. The van der Waals surface area contributed by atoms with Crippen molar-refractivity contribution in [2.24, 2.45) is 11.3 Å². The molecule has 5 unspecified atom stereocenters. The van der Waals surface area contributed by atoms with Crippen molar-refractivity contribution >= 4 is 55.6 Å². The number of pyridine rings is 1. The molecule has 2 aromatic heterocycles. The maximum atomic E-state index is 5.61. The van der Waals surface area contributed by atoms with Crippen molar-refractivity contribution in [3.05, 3.63) is 295 Å². The second-order valence-corrected chi connectivity index (χ2v) is 21.9. The minimum absolute atomic E-state index is 0.0126. The van der Waals surface area contributed by atoms with Crippen LogP contribution in [0.15, 0.2) is 261 Å². The topological polar surface area (TPSA) is 21.1 Å². The second kappa shape index (κ2) is 15.6. The van der Waals surface area contributed by atoms with Crippen LogP contribution in [-0.4, -0.2) is 15.1 Å². The SMILES string of the molecule is C=C/C=C\c1cc2ccccc2n1C1=CC(N2c3ccccc3C34C=CC=CC23C4)=CCC(c2ccc(-c3nc4ccccc4c4cc5c(cc34)C(c3ccccc3)(C34C=CCC=CC3C4)c3ccccc3-5)cc2)=C1. The second-order valence-electron chi connectivity index (χ2n) is 21.9. The van der Waals surface area contributed by atoms with Crippen molar-refractivity contribution in [2.45, 2.75) is 42.1 Å². The molecule has 356 valence electrons. The number of fused-ring (bicyclic) bond motifs is 9. The van der Waals surface area contributed by atoms with Crippen LogP contribution in [0, 0.1) is 11.3 Å². The molecule has 3 nitrogen and oxygen atoms in total. The minimum Gasteiger partial charge on any atom is -0.330 e. The lowest BCUT2D eigenvalue weighted by Gasteiger charge is -2.41. The summed E-state index contributed by atoms with van der Waals surface area (Å²) >= 11 is 0. The fourth-order valence-electron chi connectivity index (χ4n) is 15.0. The van der Waals surface area contributed by atoms with Crippen LogP contribution in [-0.2, 0) is 10.8 Å². The molecule has 0 saturated heterocycles. The van der Waals surface area contributed by atoms with Gasteiger partial charge in [0.05, 0.1) is 27.7 Å². The Bertz CT molecular complexity index is 4230. The van der Waals surface area contributed by atoms with Crippen LogP contribution in [0.25, 0.3) is 72.3 Å². The van der Waals surface area contributed by atoms with Gasteiger partial charge in [0.1, 0.15) is 0 Å². The monoisotopic (exact) mass is 959 g/mol. The summed E-state index contributed by atoms with van der Waals surface area (Å²) in [5.74, 6) is 0.452. The van der Waals surface area contributed by atoms with E-state index in [1.807, 2.05) is 12.2 Å². The van der Waals surface area contributed by atoms with Gasteiger partial charge in [-0.05, 0) is 136 Å². The van der Waals surface area contributed by atoms with E-state index in [9.17, 15) is 0 Å². The zero-order chi connectivity index (χ0) is 49.5. The molecule has 0 N–H and O–H groups in total. The van der Waals surface area contributed by atoms with E-state index in [2.05, 4.69) is 259 Å². The Morgan fingerprint density at radius 1 is 0.627 bits per heavy atom. The molecule has 0 radical (unpaired) electrons. The van der Waals surface area contributed by atoms with E-state index in [0.29, 0.717) is 5.92 Å². The lowest BCUT2D eigenvalue weighted by molar-refractivity contribution is 0.417. The Morgan fingerprint density at radius 2 is 1.41 bits per heavy atom. The van der Waals surface area contributed by atoms with Crippen LogP contribution in [0.4, 0.5) is 5.69 Å². The predicted octanol–water partition coefficient (Wildman–Crippen LogP) is 17.3. The number of para-hydroxylation sites is 3. The molecule has 2 fully saturated rings. The molecule has 75 heavy (non-hydrogen) atoms. The number of benzene rings is 7. The minimum atomic E-state index is -0.380. The molecular weight excluding hydrogens is 907 g/mol. The third-order valence-electron chi connectivity index (χ3n) is 18.3. The van der Waals surface area contributed by atoms with Crippen LogP contribution >= 0.6 is 0 Å². The van der Waals surface area contributed by atoms with E-state index in [0.717, 1.165) is 53.8 Å². The summed E-state index contributed by atoms with van der Waals surface area (Å²) in [6.07, 6.45) is 36.7. The van der Waals surface area contributed by atoms with E-state index in [1.165, 1.54) is 83.0 Å². The van der Waals surface area contributed by atoms with Gasteiger partial charge in [-0.1, -0.05) is 207 Å². The highest BCUT2D eigenvalue weighted by atomic mass is 15.3. The van der Waals surface area contributed by atoms with Gasteiger partial charge in [-0.2, -0.15) is 0 Å². The fraction of sp³-hybridized carbons (Fsp3) is 0.125. The molecule has 3 heteroatoms. The van der Waals surface area contributed by atoms with Crippen LogP contribution in [0.5, 0.6) is 0 Å². The highest BCUT2D eigenvalue weighted by molar-refractivity contribution is 6.13. The van der Waals surface area contributed by atoms with Crippen molar-refractivity contribution in [1.29, 1.82) is 0 Å². The highest BCUT2D eigenvalue weighted by Crippen LogP contribution is 2.75. The predicted molar refractivity (Wildman–Crippen MR) is 312 cm³/mol. The zero-order valence-corrected chi connectivity index (χ0v) is 41.7. The molecule has 6 aliphatic carbocycles. The molecular formula is C72H53N3. The number of rotatable bonds is 8. The number of hydrogen-bond acceptors (Lipinski definition) is 2. The summed E-state index contributed by atoms with van der Waals surface area (Å²) in [6.45, 7) is 4.04. The molecule has 16 rings (SSSR count). The number of aromatic nitrogens is 2. The van der Waals surface area contributed by atoms with Crippen LogP contribution in [0.1, 0.15) is 59.2 Å². The first-order valence-corrected chi connectivity index (χ1v) is 26.8. The average Bonchev–Trinajstić information content (AvgIpc) is 4.48. The first kappa shape index (κ1) is 42.7. The lowest BCUT2D eigenvalue weighted by Crippen LogP contribution is -2.38. The summed E-state index contributed by atoms with van der Waals surface area (Å²) in [5.41, 5.74) is 19.1. The smallest absolute Gasteiger partial charge is 0.0788 e. The van der Waals surface area contributed by atoms with E-state index in [-0.39, 0.29) is 21.8 Å². The fourth-order valence-corrected chi connectivity index (χ4v) is 15.0. The summed E-state index contributed by atoms with van der Waals surface area (Å²) in [4.78, 5) is 8.26.